The lowest BCUT2D eigenvalue weighted by molar-refractivity contribution is -0.137. The number of pyridine rings is 3. The maximum absolute atomic E-state index is 15.8. The Labute approximate surface area is 272 Å². The van der Waals surface area contributed by atoms with Crippen molar-refractivity contribution in [1.82, 2.24) is 29.9 Å². The third-order valence-electron chi connectivity index (χ3n) is 9.43. The monoisotopic (exact) mass is 660 g/mol. The van der Waals surface area contributed by atoms with Crippen LogP contribution in [0.4, 0.5) is 20.2 Å². The highest BCUT2D eigenvalue weighted by atomic mass is 19.2. The van der Waals surface area contributed by atoms with Crippen LogP contribution in [0.15, 0.2) is 47.5 Å². The quantitative estimate of drug-likeness (QED) is 0.129. The van der Waals surface area contributed by atoms with Gasteiger partial charge in [0.15, 0.2) is 11.6 Å². The lowest BCUT2D eigenvalue weighted by Crippen LogP contribution is -2.39. The Bertz CT molecular complexity index is 2170. The lowest BCUT2D eigenvalue weighted by Gasteiger charge is -2.29. The minimum atomic E-state index is -1.52. The number of aliphatic hydroxyl groups is 1. The molecule has 250 valence electrons. The van der Waals surface area contributed by atoms with Crippen molar-refractivity contribution in [1.29, 1.82) is 0 Å². The predicted molar refractivity (Wildman–Crippen MR) is 176 cm³/mol. The fraction of sp³-hybridized carbons (Fsp3) is 0.333. The zero-order chi connectivity index (χ0) is 33.9. The number of carbonyl (C=O) groups is 2. The summed E-state index contributed by atoms with van der Waals surface area (Å²) in [6, 6.07) is 7.93. The van der Waals surface area contributed by atoms with Crippen LogP contribution in [0, 0.1) is 17.6 Å². The van der Waals surface area contributed by atoms with Crippen LogP contribution in [0.2, 0.25) is 0 Å². The molecule has 6 heterocycles. The molecule has 0 aliphatic carbocycles. The first-order chi connectivity index (χ1) is 23.0. The van der Waals surface area contributed by atoms with Crippen molar-refractivity contribution in [2.75, 3.05) is 57.0 Å². The highest BCUT2D eigenvalue weighted by molar-refractivity contribution is 6.18. The number of halogens is 2. The van der Waals surface area contributed by atoms with Crippen molar-refractivity contribution < 1.29 is 28.6 Å². The zero-order valence-corrected chi connectivity index (χ0v) is 26.2. The Kier molecular flexibility index (Phi) is 7.97. The van der Waals surface area contributed by atoms with Gasteiger partial charge in [0, 0.05) is 67.8 Å². The molecule has 15 heteroatoms. The molecule has 7 rings (SSSR count). The van der Waals surface area contributed by atoms with E-state index < -0.39 is 48.4 Å². The van der Waals surface area contributed by atoms with Gasteiger partial charge >= 0.3 is 5.97 Å². The first-order valence-corrected chi connectivity index (χ1v) is 15.6. The molecule has 0 radical (unpaired) electrons. The Balaban J connectivity index is 1.37. The number of H-pyrrole nitrogens is 1. The van der Waals surface area contributed by atoms with Crippen LogP contribution >= 0.6 is 0 Å². The second-order valence-corrected chi connectivity index (χ2v) is 12.4. The van der Waals surface area contributed by atoms with Crippen LogP contribution in [0.3, 0.4) is 0 Å². The summed E-state index contributed by atoms with van der Waals surface area (Å²) in [5.74, 6) is -3.45. The van der Waals surface area contributed by atoms with Crippen molar-refractivity contribution in [2.24, 2.45) is 5.92 Å². The van der Waals surface area contributed by atoms with Crippen LogP contribution in [-0.4, -0.2) is 94.2 Å². The maximum atomic E-state index is 15.8. The van der Waals surface area contributed by atoms with Gasteiger partial charge in [-0.05, 0) is 37.6 Å². The first kappa shape index (κ1) is 31.5. The molecule has 5 aromatic rings. The van der Waals surface area contributed by atoms with Gasteiger partial charge in [-0.15, -0.1) is 0 Å². The normalized spacial score (nSPS) is 18.6. The molecule has 2 saturated heterocycles. The summed E-state index contributed by atoms with van der Waals surface area (Å²) in [5, 5.41) is 27.7. The van der Waals surface area contributed by atoms with Gasteiger partial charge in [-0.3, -0.25) is 24.1 Å². The van der Waals surface area contributed by atoms with E-state index in [4.69, 9.17) is 5.11 Å². The SMILES string of the molecule is CNc1cc(F)c(F)c2c1[nH]c1ncc(-c3ccc4ccc(C(O)NCC(=O)NCC(=O)O)c(=O)n4c3)c(N3CC[C@H]4CN(C)C[C@H]43)c12. The van der Waals surface area contributed by atoms with Gasteiger partial charge in [0.1, 0.15) is 18.4 Å². The van der Waals surface area contributed by atoms with Gasteiger partial charge in [-0.1, -0.05) is 6.07 Å². The van der Waals surface area contributed by atoms with Crippen molar-refractivity contribution in [3.8, 4) is 11.1 Å². The second kappa shape index (κ2) is 12.2. The van der Waals surface area contributed by atoms with Crippen molar-refractivity contribution >= 4 is 50.7 Å². The third kappa shape index (κ3) is 5.29. The summed E-state index contributed by atoms with van der Waals surface area (Å²) in [7, 11) is 3.71. The number of fused-ring (bicyclic) bond motifs is 5. The number of likely N-dealkylation sites (N-methyl/N-ethyl adjacent to an activating group) is 1. The Morgan fingerprint density at radius 3 is 2.71 bits per heavy atom. The van der Waals surface area contributed by atoms with E-state index in [-0.39, 0.29) is 17.0 Å². The van der Waals surface area contributed by atoms with E-state index in [1.165, 1.54) is 10.5 Å². The molecule has 3 atom stereocenters. The summed E-state index contributed by atoms with van der Waals surface area (Å²) in [6.07, 6.45) is 2.71. The van der Waals surface area contributed by atoms with E-state index in [9.17, 15) is 19.5 Å². The molecule has 1 aromatic carbocycles. The number of benzene rings is 1. The molecular formula is C33H34F2N8O5. The summed E-state index contributed by atoms with van der Waals surface area (Å²) >= 11 is 0. The van der Waals surface area contributed by atoms with Crippen LogP contribution < -0.4 is 26.4 Å². The highest BCUT2D eigenvalue weighted by Crippen LogP contribution is 2.46. The molecule has 48 heavy (non-hydrogen) atoms. The second-order valence-electron chi connectivity index (χ2n) is 12.4. The van der Waals surface area contributed by atoms with Gasteiger partial charge in [-0.2, -0.15) is 0 Å². The topological polar surface area (TPSA) is 167 Å². The van der Waals surface area contributed by atoms with Gasteiger partial charge in [0.05, 0.1) is 39.8 Å². The number of hydrogen-bond acceptors (Lipinski definition) is 9. The zero-order valence-electron chi connectivity index (χ0n) is 26.2. The van der Waals surface area contributed by atoms with Gasteiger partial charge < -0.3 is 35.6 Å². The Morgan fingerprint density at radius 1 is 1.15 bits per heavy atom. The summed E-state index contributed by atoms with van der Waals surface area (Å²) in [6.45, 7) is 1.43. The number of aromatic nitrogens is 3. The molecule has 0 bridgehead atoms. The average Bonchev–Trinajstić information content (AvgIpc) is 3.76. The Hall–Kier alpha value is -5.12. The van der Waals surface area contributed by atoms with Gasteiger partial charge in [-0.25, -0.2) is 13.8 Å². The number of amides is 1. The molecule has 6 N–H and O–H groups in total. The standard InChI is InChI=1S/C33H34F2N8O5/c1-36-22-9-21(34)28(35)26-27-30(42-8-7-17-13-41(2)15-23(17)42)20(10-38-31(27)40-29(22)26)16-3-4-18-5-6-19(33(48)43(18)14-16)32(47)39-11-24(44)37-12-25(45)46/h3-6,9-10,14,17,23,32,36,39,47H,7-8,11-13,15H2,1-2H3,(H,37,44)(H,38,40)(H,45,46)/t17-,23+,32?/m0/s1. The number of hydrogen-bond donors (Lipinski definition) is 6. The van der Waals surface area contributed by atoms with Crippen LogP contribution in [0.25, 0.3) is 38.6 Å². The smallest absolute Gasteiger partial charge is 0.322 e. The number of aliphatic hydroxyl groups excluding tert-OH is 1. The minimum absolute atomic E-state index is 0.0327. The van der Waals surface area contributed by atoms with E-state index in [1.807, 2.05) is 6.07 Å². The third-order valence-corrected chi connectivity index (χ3v) is 9.43. The number of nitrogens with one attached hydrogen (secondary N) is 4. The number of carboxylic acids is 1. The highest BCUT2D eigenvalue weighted by Gasteiger charge is 2.42. The van der Waals surface area contributed by atoms with E-state index in [2.05, 4.69) is 42.8 Å². The van der Waals surface area contributed by atoms with Crippen LogP contribution in [0.1, 0.15) is 18.2 Å². The van der Waals surface area contributed by atoms with Crippen molar-refractivity contribution in [3.63, 3.8) is 0 Å². The van der Waals surface area contributed by atoms with Crippen LogP contribution in [-0.2, 0) is 9.59 Å². The first-order valence-electron chi connectivity index (χ1n) is 15.6. The number of aromatic amines is 1. The van der Waals surface area contributed by atoms with Crippen molar-refractivity contribution in [3.05, 3.63) is 70.3 Å². The fourth-order valence-corrected chi connectivity index (χ4v) is 7.21. The van der Waals surface area contributed by atoms with E-state index in [0.717, 1.165) is 25.6 Å². The van der Waals surface area contributed by atoms with E-state index in [0.29, 0.717) is 57.0 Å². The largest absolute Gasteiger partial charge is 0.480 e. The fourth-order valence-electron chi connectivity index (χ4n) is 7.21. The number of likely N-dealkylation sites (tertiary alicyclic amines) is 1. The molecule has 1 unspecified atom stereocenters. The number of rotatable bonds is 9. The van der Waals surface area contributed by atoms with Crippen LogP contribution in [0.5, 0.6) is 0 Å². The van der Waals surface area contributed by atoms with Gasteiger partial charge in [0.25, 0.3) is 5.56 Å². The van der Waals surface area contributed by atoms with Crippen molar-refractivity contribution in [2.45, 2.75) is 18.7 Å². The molecule has 4 aromatic heterocycles. The molecule has 0 saturated carbocycles. The summed E-state index contributed by atoms with van der Waals surface area (Å²) < 4.78 is 32.2. The number of aliphatic carboxylic acids is 1. The molecule has 13 nitrogen and oxygen atoms in total. The predicted octanol–water partition coefficient (Wildman–Crippen LogP) is 2.24. The number of carbonyl (C=O) groups excluding carboxylic acids is 1. The molecule has 2 fully saturated rings. The summed E-state index contributed by atoms with van der Waals surface area (Å²) in [5.41, 5.74) is 3.06. The molecule has 0 spiro atoms. The summed E-state index contributed by atoms with van der Waals surface area (Å²) in [4.78, 5) is 48.7. The number of nitrogens with zero attached hydrogens (tertiary/aromatic N) is 4. The van der Waals surface area contributed by atoms with E-state index >= 15 is 8.78 Å². The van der Waals surface area contributed by atoms with E-state index in [1.54, 1.807) is 31.6 Å². The average molecular weight is 661 g/mol. The Morgan fingerprint density at radius 2 is 1.94 bits per heavy atom. The minimum Gasteiger partial charge on any atom is -0.480 e. The molecular weight excluding hydrogens is 626 g/mol. The maximum Gasteiger partial charge on any atom is 0.322 e. The lowest BCUT2D eigenvalue weighted by atomic mass is 10.00. The van der Waals surface area contributed by atoms with Gasteiger partial charge in [0.2, 0.25) is 5.91 Å². The number of carboxylic acid groups (broad SMARTS) is 1. The number of anilines is 2. The molecule has 2 aliphatic heterocycles. The molecule has 1 amide bonds. The molecule has 2 aliphatic rings.